The summed E-state index contributed by atoms with van der Waals surface area (Å²) in [5.41, 5.74) is 0.935. The minimum Gasteiger partial charge on any atom is -0.530 e. The summed E-state index contributed by atoms with van der Waals surface area (Å²) in [6, 6.07) is 27.7. The van der Waals surface area contributed by atoms with E-state index in [-0.39, 0.29) is 6.10 Å². The predicted molar refractivity (Wildman–Crippen MR) is 119 cm³/mol. The Morgan fingerprint density at radius 2 is 1.70 bits per heavy atom. The summed E-state index contributed by atoms with van der Waals surface area (Å²) in [6.45, 7) is 0.624. The van der Waals surface area contributed by atoms with Gasteiger partial charge in [-0.1, -0.05) is 72.8 Å². The molecule has 1 aromatic heterocycles. The fraction of sp³-hybridized carbons (Fsp3) is 0.160. The Bertz CT molecular complexity index is 1090. The third-order valence-corrected chi connectivity index (χ3v) is 5.98. The van der Waals surface area contributed by atoms with Crippen LogP contribution in [0.15, 0.2) is 90.3 Å². The van der Waals surface area contributed by atoms with Crippen molar-refractivity contribution in [2.75, 3.05) is 6.54 Å². The Labute approximate surface area is 180 Å². The Balaban J connectivity index is 1.53. The van der Waals surface area contributed by atoms with E-state index in [1.165, 1.54) is 4.90 Å². The molecule has 4 aromatic rings. The summed E-state index contributed by atoms with van der Waals surface area (Å²) >= 11 is 1.61. The minimum atomic E-state index is -1.17. The van der Waals surface area contributed by atoms with Gasteiger partial charge in [-0.15, -0.1) is 11.3 Å². The van der Waals surface area contributed by atoms with Crippen LogP contribution in [0.3, 0.4) is 0 Å². The molecule has 1 amide bonds. The zero-order chi connectivity index (χ0) is 20.8. The van der Waals surface area contributed by atoms with Gasteiger partial charge in [0.25, 0.3) is 0 Å². The molecule has 0 N–H and O–H groups in total. The van der Waals surface area contributed by atoms with Crippen LogP contribution < -0.4 is 9.84 Å². The zero-order valence-corrected chi connectivity index (χ0v) is 17.3. The number of thiophene rings is 1. The van der Waals surface area contributed by atoms with Crippen LogP contribution in [0.1, 0.15) is 23.0 Å². The summed E-state index contributed by atoms with van der Waals surface area (Å²) < 4.78 is 6.42. The van der Waals surface area contributed by atoms with Gasteiger partial charge in [0.1, 0.15) is 17.9 Å². The minimum absolute atomic E-state index is 0.242. The van der Waals surface area contributed by atoms with Gasteiger partial charge in [0, 0.05) is 29.8 Å². The van der Waals surface area contributed by atoms with E-state index in [1.54, 1.807) is 11.3 Å². The van der Waals surface area contributed by atoms with E-state index in [2.05, 4.69) is 12.1 Å². The maximum absolute atomic E-state index is 11.7. The third kappa shape index (κ3) is 4.81. The smallest absolute Gasteiger partial charge is 0.137 e. The first-order chi connectivity index (χ1) is 14.7. The highest BCUT2D eigenvalue weighted by Crippen LogP contribution is 2.33. The second-order valence-corrected chi connectivity index (χ2v) is 8.04. The van der Waals surface area contributed by atoms with Crippen LogP contribution in [-0.4, -0.2) is 17.5 Å². The van der Waals surface area contributed by atoms with E-state index >= 15 is 0 Å². The van der Waals surface area contributed by atoms with E-state index in [4.69, 9.17) is 4.74 Å². The van der Waals surface area contributed by atoms with E-state index in [1.807, 2.05) is 78.2 Å². The quantitative estimate of drug-likeness (QED) is 0.394. The van der Waals surface area contributed by atoms with Crippen molar-refractivity contribution in [3.05, 3.63) is 101 Å². The first-order valence-corrected chi connectivity index (χ1v) is 10.8. The van der Waals surface area contributed by atoms with Gasteiger partial charge in [0.2, 0.25) is 0 Å². The lowest BCUT2D eigenvalue weighted by Crippen LogP contribution is -2.41. The van der Waals surface area contributed by atoms with Crippen molar-refractivity contribution in [1.29, 1.82) is 0 Å². The molecule has 0 spiro atoms. The van der Waals surface area contributed by atoms with Crippen molar-refractivity contribution in [1.82, 2.24) is 4.90 Å². The van der Waals surface area contributed by atoms with Crippen LogP contribution in [0, 0.1) is 0 Å². The van der Waals surface area contributed by atoms with Gasteiger partial charge < -0.3 is 19.5 Å². The highest BCUT2D eigenvalue weighted by Gasteiger charge is 2.18. The fourth-order valence-electron chi connectivity index (χ4n) is 3.50. The first-order valence-electron chi connectivity index (χ1n) is 9.88. The summed E-state index contributed by atoms with van der Waals surface area (Å²) in [5, 5.41) is 15.9. The average molecular weight is 417 g/mol. The van der Waals surface area contributed by atoms with E-state index in [9.17, 15) is 9.90 Å². The van der Waals surface area contributed by atoms with Crippen LogP contribution >= 0.6 is 11.3 Å². The van der Waals surface area contributed by atoms with Crippen LogP contribution in [0.5, 0.6) is 5.75 Å². The molecule has 0 aliphatic heterocycles. The molecule has 3 aromatic carbocycles. The van der Waals surface area contributed by atoms with Crippen molar-refractivity contribution in [2.24, 2.45) is 0 Å². The topological polar surface area (TPSA) is 52.6 Å². The van der Waals surface area contributed by atoms with Gasteiger partial charge in [0.15, 0.2) is 0 Å². The van der Waals surface area contributed by atoms with E-state index in [0.717, 1.165) is 27.0 Å². The molecule has 0 saturated heterocycles. The Morgan fingerprint density at radius 1 is 0.933 bits per heavy atom. The largest absolute Gasteiger partial charge is 0.530 e. The van der Waals surface area contributed by atoms with E-state index < -0.39 is 6.09 Å². The number of hydrogen-bond donors (Lipinski definition) is 0. The molecule has 152 valence electrons. The molecule has 4 rings (SSSR count). The average Bonchev–Trinajstić information content (AvgIpc) is 3.31. The molecule has 30 heavy (non-hydrogen) atoms. The van der Waals surface area contributed by atoms with Crippen LogP contribution in [-0.2, 0) is 6.54 Å². The van der Waals surface area contributed by atoms with Crippen molar-refractivity contribution < 1.29 is 14.6 Å². The molecule has 0 fully saturated rings. The molecule has 1 heterocycles. The number of carbonyl (C=O) groups excluding carboxylic acids is 1. The zero-order valence-electron chi connectivity index (χ0n) is 16.4. The lowest BCUT2D eigenvalue weighted by Gasteiger charge is -2.28. The Hall–Kier alpha value is -3.31. The van der Waals surface area contributed by atoms with Gasteiger partial charge >= 0.3 is 0 Å². The van der Waals surface area contributed by atoms with Gasteiger partial charge in [-0.3, -0.25) is 0 Å². The van der Waals surface area contributed by atoms with E-state index in [0.29, 0.717) is 19.5 Å². The normalized spacial score (nSPS) is 11.9. The SMILES string of the molecule is O=C([O-])N(CC[C@@H](Oc1cccc2ccccc12)c1cccs1)Cc1ccccc1. The van der Waals surface area contributed by atoms with Crippen LogP contribution in [0.4, 0.5) is 4.79 Å². The highest BCUT2D eigenvalue weighted by molar-refractivity contribution is 7.10. The number of rotatable bonds is 8. The number of nitrogens with zero attached hydrogens (tertiary/aromatic N) is 1. The standard InChI is InChI=1S/C25H23NO3S/c27-25(28)26(18-19-8-2-1-3-9-19)16-15-23(24-14-7-17-30-24)29-22-13-6-11-20-10-4-5-12-21(20)22/h1-14,17,23H,15-16,18H2,(H,27,28)/p-1/t23-/m1/s1. The molecule has 0 saturated carbocycles. The summed E-state index contributed by atoms with van der Waals surface area (Å²) in [5.74, 6) is 0.801. The molecule has 1 atom stereocenters. The lowest BCUT2D eigenvalue weighted by atomic mass is 10.1. The molecule has 4 nitrogen and oxygen atoms in total. The summed E-state index contributed by atoms with van der Waals surface area (Å²) in [7, 11) is 0. The third-order valence-electron chi connectivity index (χ3n) is 5.02. The number of hydrogen-bond acceptors (Lipinski definition) is 4. The van der Waals surface area contributed by atoms with Crippen molar-refractivity contribution >= 4 is 28.2 Å². The number of carbonyl (C=O) groups is 1. The molecule has 0 aliphatic rings. The van der Waals surface area contributed by atoms with Gasteiger partial charge in [-0.25, -0.2) is 0 Å². The second kappa shape index (κ2) is 9.46. The summed E-state index contributed by atoms with van der Waals surface area (Å²) in [6.07, 6.45) is -0.882. The molecule has 5 heteroatoms. The number of fused-ring (bicyclic) bond motifs is 1. The lowest BCUT2D eigenvalue weighted by molar-refractivity contribution is -0.266. The van der Waals surface area contributed by atoms with Crippen molar-refractivity contribution in [3.8, 4) is 5.75 Å². The molecule has 0 aliphatic carbocycles. The fourth-order valence-corrected chi connectivity index (χ4v) is 4.29. The summed E-state index contributed by atoms with van der Waals surface area (Å²) in [4.78, 5) is 14.1. The maximum atomic E-state index is 11.7. The number of amides is 1. The molecule has 0 radical (unpaired) electrons. The number of benzene rings is 3. The van der Waals surface area contributed by atoms with Crippen LogP contribution in [0.2, 0.25) is 0 Å². The van der Waals surface area contributed by atoms with Gasteiger partial charge in [-0.2, -0.15) is 0 Å². The number of ether oxygens (including phenoxy) is 1. The molecular weight excluding hydrogens is 394 g/mol. The maximum Gasteiger partial charge on any atom is 0.137 e. The number of carboxylic acid groups (broad SMARTS) is 1. The first kappa shape index (κ1) is 20.0. The van der Waals surface area contributed by atoms with Crippen LogP contribution in [0.25, 0.3) is 10.8 Å². The van der Waals surface area contributed by atoms with Gasteiger partial charge in [0.05, 0.1) is 0 Å². The second-order valence-electron chi connectivity index (χ2n) is 7.06. The Kier molecular flexibility index (Phi) is 6.30. The molecule has 0 unspecified atom stereocenters. The van der Waals surface area contributed by atoms with Gasteiger partial charge in [-0.05, 0) is 28.5 Å². The molecule has 0 bridgehead atoms. The van der Waals surface area contributed by atoms with Crippen molar-refractivity contribution in [2.45, 2.75) is 19.1 Å². The highest BCUT2D eigenvalue weighted by atomic mass is 32.1. The predicted octanol–water partition coefficient (Wildman–Crippen LogP) is 5.26. The van der Waals surface area contributed by atoms with Crippen molar-refractivity contribution in [3.63, 3.8) is 0 Å². The molecular formula is C25H22NO3S-. The monoisotopic (exact) mass is 416 g/mol. The Morgan fingerprint density at radius 3 is 2.47 bits per heavy atom.